The number of piperazine rings is 1. The second-order valence-corrected chi connectivity index (χ2v) is 7.58. The van der Waals surface area contributed by atoms with E-state index in [4.69, 9.17) is 4.74 Å². The Bertz CT molecular complexity index is 482. The zero-order chi connectivity index (χ0) is 15.5. The number of thiazole rings is 1. The fourth-order valence-electron chi connectivity index (χ4n) is 2.28. The molecule has 6 heteroatoms. The molecule has 118 valence electrons. The summed E-state index contributed by atoms with van der Waals surface area (Å²) in [4.78, 5) is 21.9. The quantitative estimate of drug-likeness (QED) is 0.831. The van der Waals surface area contributed by atoms with Crippen LogP contribution in [0.5, 0.6) is 0 Å². The fraction of sp³-hybridized carbons (Fsp3) is 0.733. The number of methoxy groups -OCH3 is 1. The van der Waals surface area contributed by atoms with Crippen molar-refractivity contribution in [2.75, 3.05) is 39.9 Å². The minimum Gasteiger partial charge on any atom is -0.383 e. The van der Waals surface area contributed by atoms with E-state index in [2.05, 4.69) is 30.7 Å². The minimum absolute atomic E-state index is 0.0948. The summed E-state index contributed by atoms with van der Waals surface area (Å²) in [5, 5.41) is 1.16. The van der Waals surface area contributed by atoms with Gasteiger partial charge < -0.3 is 9.64 Å². The van der Waals surface area contributed by atoms with E-state index in [1.54, 1.807) is 18.4 Å². The molecule has 0 atom stereocenters. The summed E-state index contributed by atoms with van der Waals surface area (Å²) >= 11 is 1.75. The molecule has 1 aromatic heterocycles. The molecule has 1 aromatic rings. The van der Waals surface area contributed by atoms with Gasteiger partial charge in [0.2, 0.25) is 5.91 Å². The Hall–Kier alpha value is -0.980. The van der Waals surface area contributed by atoms with Crippen LogP contribution >= 0.6 is 11.3 Å². The minimum atomic E-state index is 0.0948. The Balaban J connectivity index is 1.88. The zero-order valence-corrected chi connectivity index (χ0v) is 14.2. The molecule has 0 spiro atoms. The van der Waals surface area contributed by atoms with E-state index < -0.39 is 0 Å². The maximum Gasteiger partial charge on any atom is 0.236 e. The van der Waals surface area contributed by atoms with Crippen molar-refractivity contribution >= 4 is 17.2 Å². The van der Waals surface area contributed by atoms with Gasteiger partial charge in [-0.25, -0.2) is 4.98 Å². The number of rotatable bonds is 5. The molecule has 1 aliphatic rings. The first kappa shape index (κ1) is 16.4. The van der Waals surface area contributed by atoms with Crippen molar-refractivity contribution in [3.05, 3.63) is 16.1 Å². The monoisotopic (exact) mass is 311 g/mol. The van der Waals surface area contributed by atoms with Crippen LogP contribution < -0.4 is 0 Å². The van der Waals surface area contributed by atoms with Gasteiger partial charge in [-0.3, -0.25) is 9.69 Å². The second-order valence-electron chi connectivity index (χ2n) is 6.47. The summed E-state index contributed by atoms with van der Waals surface area (Å²) < 4.78 is 5.04. The number of amides is 1. The van der Waals surface area contributed by atoms with Gasteiger partial charge in [0.25, 0.3) is 0 Å². The van der Waals surface area contributed by atoms with Crippen molar-refractivity contribution in [2.45, 2.75) is 32.7 Å². The van der Waals surface area contributed by atoms with Crippen molar-refractivity contribution in [3.8, 4) is 0 Å². The standard InChI is InChI=1S/C15H25N3O2S/c1-15(2,3)14-16-9-12(21-14)10-17-5-6-18(7-8-20-4)13(19)11-17/h9H,5-8,10-11H2,1-4H3. The van der Waals surface area contributed by atoms with E-state index in [0.29, 0.717) is 19.7 Å². The summed E-state index contributed by atoms with van der Waals surface area (Å²) in [6.45, 7) is 10.8. The number of hydrogen-bond acceptors (Lipinski definition) is 5. The molecule has 0 saturated carbocycles. The molecule has 2 rings (SSSR count). The molecule has 21 heavy (non-hydrogen) atoms. The molecule has 5 nitrogen and oxygen atoms in total. The highest BCUT2D eigenvalue weighted by molar-refractivity contribution is 7.11. The number of hydrogen-bond donors (Lipinski definition) is 0. The van der Waals surface area contributed by atoms with E-state index in [1.165, 1.54) is 4.88 Å². The molecule has 0 bridgehead atoms. The van der Waals surface area contributed by atoms with Crippen molar-refractivity contribution < 1.29 is 9.53 Å². The maximum absolute atomic E-state index is 12.1. The third-order valence-corrected chi connectivity index (χ3v) is 4.95. The first-order valence-electron chi connectivity index (χ1n) is 7.34. The predicted molar refractivity (Wildman–Crippen MR) is 84.5 cm³/mol. The van der Waals surface area contributed by atoms with Crippen LogP contribution in [0.1, 0.15) is 30.7 Å². The van der Waals surface area contributed by atoms with Crippen LogP contribution in [0.2, 0.25) is 0 Å². The molecular formula is C15H25N3O2S. The van der Waals surface area contributed by atoms with E-state index in [9.17, 15) is 4.79 Å². The second kappa shape index (κ2) is 6.85. The molecular weight excluding hydrogens is 286 g/mol. The molecule has 1 saturated heterocycles. The van der Waals surface area contributed by atoms with Gasteiger partial charge in [-0.2, -0.15) is 0 Å². The fourth-order valence-corrected chi connectivity index (χ4v) is 3.29. The normalized spacial score (nSPS) is 17.5. The third kappa shape index (κ3) is 4.49. The Kier molecular flexibility index (Phi) is 5.35. The average Bonchev–Trinajstić information content (AvgIpc) is 2.86. The van der Waals surface area contributed by atoms with Gasteiger partial charge in [0, 0.05) is 49.8 Å². The largest absolute Gasteiger partial charge is 0.383 e. The number of carbonyl (C=O) groups excluding carboxylic acids is 1. The molecule has 0 radical (unpaired) electrons. The zero-order valence-electron chi connectivity index (χ0n) is 13.4. The molecule has 0 unspecified atom stereocenters. The van der Waals surface area contributed by atoms with Gasteiger partial charge in [-0.15, -0.1) is 11.3 Å². The van der Waals surface area contributed by atoms with E-state index in [-0.39, 0.29) is 11.3 Å². The van der Waals surface area contributed by atoms with Crippen LogP contribution in [0.15, 0.2) is 6.20 Å². The van der Waals surface area contributed by atoms with Crippen LogP contribution in [-0.2, 0) is 21.5 Å². The van der Waals surface area contributed by atoms with Gasteiger partial charge in [-0.05, 0) is 0 Å². The Morgan fingerprint density at radius 1 is 1.38 bits per heavy atom. The topological polar surface area (TPSA) is 45.7 Å². The highest BCUT2D eigenvalue weighted by atomic mass is 32.1. The lowest BCUT2D eigenvalue weighted by Crippen LogP contribution is -2.50. The first-order chi connectivity index (χ1) is 9.90. The number of ether oxygens (including phenoxy) is 1. The highest BCUT2D eigenvalue weighted by Gasteiger charge is 2.24. The third-order valence-electron chi connectivity index (χ3n) is 3.54. The van der Waals surface area contributed by atoms with Crippen molar-refractivity contribution in [3.63, 3.8) is 0 Å². The predicted octanol–water partition coefficient (Wildman–Crippen LogP) is 1.73. The van der Waals surface area contributed by atoms with Gasteiger partial charge in [-0.1, -0.05) is 20.8 Å². The van der Waals surface area contributed by atoms with Gasteiger partial charge in [0.05, 0.1) is 18.2 Å². The lowest BCUT2D eigenvalue weighted by atomic mass is 9.98. The smallest absolute Gasteiger partial charge is 0.236 e. The number of carbonyl (C=O) groups is 1. The van der Waals surface area contributed by atoms with Crippen LogP contribution in [0.4, 0.5) is 0 Å². The Morgan fingerprint density at radius 3 is 2.71 bits per heavy atom. The van der Waals surface area contributed by atoms with Crippen molar-refractivity contribution in [1.82, 2.24) is 14.8 Å². The maximum atomic E-state index is 12.1. The van der Waals surface area contributed by atoms with Crippen LogP contribution in [0.25, 0.3) is 0 Å². The van der Waals surface area contributed by atoms with Crippen molar-refractivity contribution in [2.24, 2.45) is 0 Å². The number of nitrogens with zero attached hydrogens (tertiary/aromatic N) is 3. The Morgan fingerprint density at radius 2 is 2.14 bits per heavy atom. The molecule has 2 heterocycles. The summed E-state index contributed by atoms with van der Waals surface area (Å²) in [6, 6.07) is 0. The summed E-state index contributed by atoms with van der Waals surface area (Å²) in [5.41, 5.74) is 0.0948. The lowest BCUT2D eigenvalue weighted by Gasteiger charge is -2.33. The summed E-state index contributed by atoms with van der Waals surface area (Å²) in [5.74, 6) is 0.193. The van der Waals surface area contributed by atoms with Gasteiger partial charge in [0.1, 0.15) is 0 Å². The first-order valence-corrected chi connectivity index (χ1v) is 8.16. The molecule has 0 aliphatic carbocycles. The molecule has 0 N–H and O–H groups in total. The van der Waals surface area contributed by atoms with Crippen LogP contribution in [0, 0.1) is 0 Å². The average molecular weight is 311 g/mol. The summed E-state index contributed by atoms with van der Waals surface area (Å²) in [6.07, 6.45) is 1.95. The van der Waals surface area contributed by atoms with Crippen molar-refractivity contribution in [1.29, 1.82) is 0 Å². The molecule has 0 aromatic carbocycles. The molecule has 1 fully saturated rings. The Labute approximate surface area is 130 Å². The lowest BCUT2D eigenvalue weighted by molar-refractivity contribution is -0.136. The molecule has 1 amide bonds. The number of aromatic nitrogens is 1. The van der Waals surface area contributed by atoms with E-state index in [1.807, 2.05) is 11.1 Å². The van der Waals surface area contributed by atoms with Gasteiger partial charge >= 0.3 is 0 Å². The highest BCUT2D eigenvalue weighted by Crippen LogP contribution is 2.27. The molecule has 1 aliphatic heterocycles. The van der Waals surface area contributed by atoms with E-state index >= 15 is 0 Å². The SMILES string of the molecule is COCCN1CCN(Cc2cnc(C(C)(C)C)s2)CC1=O. The van der Waals surface area contributed by atoms with E-state index in [0.717, 1.165) is 24.6 Å². The van der Waals surface area contributed by atoms with Crippen LogP contribution in [-0.4, -0.2) is 60.6 Å². The van der Waals surface area contributed by atoms with Gasteiger partial charge in [0.15, 0.2) is 0 Å². The van der Waals surface area contributed by atoms with Crippen LogP contribution in [0.3, 0.4) is 0 Å². The summed E-state index contributed by atoms with van der Waals surface area (Å²) in [7, 11) is 1.66.